The summed E-state index contributed by atoms with van der Waals surface area (Å²) in [5.74, 6) is -0.259. The van der Waals surface area contributed by atoms with Gasteiger partial charge in [-0.05, 0) is 34.0 Å². The van der Waals surface area contributed by atoms with Crippen molar-refractivity contribution in [1.29, 1.82) is 0 Å². The van der Waals surface area contributed by atoms with Crippen LogP contribution in [0.25, 0.3) is 0 Å². The summed E-state index contributed by atoms with van der Waals surface area (Å²) in [4.78, 5) is 0. The molecule has 0 saturated heterocycles. The minimum atomic E-state index is -0.336. The van der Waals surface area contributed by atoms with Crippen molar-refractivity contribution >= 4 is 15.9 Å². The van der Waals surface area contributed by atoms with E-state index in [1.807, 2.05) is 13.0 Å². The molecule has 0 aromatic heterocycles. The van der Waals surface area contributed by atoms with Crippen LogP contribution in [0.15, 0.2) is 22.7 Å². The minimum Gasteiger partial charge on any atom is -0.392 e. The van der Waals surface area contributed by atoms with Crippen molar-refractivity contribution in [3.63, 3.8) is 0 Å². The van der Waals surface area contributed by atoms with Gasteiger partial charge in [-0.1, -0.05) is 19.1 Å². The standard InChI is InChI=1S/C11H15BrFNO/c1-2-9(15)7-14-6-8-4-3-5-10(13)11(8)12/h3-5,9,14-15H,2,6-7H2,1H3/t9-/m1/s1. The van der Waals surface area contributed by atoms with Gasteiger partial charge in [0.05, 0.1) is 10.6 Å². The van der Waals surface area contributed by atoms with Crippen molar-refractivity contribution in [3.05, 3.63) is 34.1 Å². The van der Waals surface area contributed by atoms with Crippen LogP contribution in [0.2, 0.25) is 0 Å². The van der Waals surface area contributed by atoms with Gasteiger partial charge in [-0.3, -0.25) is 0 Å². The Morgan fingerprint density at radius 3 is 2.93 bits per heavy atom. The molecule has 1 aromatic carbocycles. The summed E-state index contributed by atoms with van der Waals surface area (Å²) in [6.07, 6.45) is 0.384. The number of rotatable bonds is 5. The maximum atomic E-state index is 13.1. The Morgan fingerprint density at radius 1 is 1.53 bits per heavy atom. The first-order valence-corrected chi connectivity index (χ1v) is 5.76. The van der Waals surface area contributed by atoms with Gasteiger partial charge < -0.3 is 10.4 Å². The van der Waals surface area contributed by atoms with Crippen LogP contribution < -0.4 is 5.32 Å². The summed E-state index contributed by atoms with van der Waals surface area (Å²) in [5, 5.41) is 12.4. The van der Waals surface area contributed by atoms with Crippen molar-refractivity contribution in [2.45, 2.75) is 26.0 Å². The molecule has 0 aliphatic heterocycles. The lowest BCUT2D eigenvalue weighted by Crippen LogP contribution is -2.25. The van der Waals surface area contributed by atoms with Crippen molar-refractivity contribution in [1.82, 2.24) is 5.32 Å². The Bertz CT molecular complexity index is 319. The first-order chi connectivity index (χ1) is 7.15. The Labute approximate surface area is 97.6 Å². The second kappa shape index (κ2) is 6.20. The van der Waals surface area contributed by atoms with E-state index in [9.17, 15) is 9.50 Å². The third-order valence-electron chi connectivity index (χ3n) is 2.20. The molecule has 1 atom stereocenters. The number of benzene rings is 1. The summed E-state index contributed by atoms with van der Waals surface area (Å²) < 4.78 is 13.6. The first-order valence-electron chi connectivity index (χ1n) is 4.96. The lowest BCUT2D eigenvalue weighted by Gasteiger charge is -2.10. The van der Waals surface area contributed by atoms with Gasteiger partial charge in [0.2, 0.25) is 0 Å². The largest absolute Gasteiger partial charge is 0.392 e. The molecular formula is C11H15BrFNO. The van der Waals surface area contributed by atoms with E-state index in [4.69, 9.17) is 0 Å². The molecule has 1 aromatic rings. The minimum absolute atomic E-state index is 0.259. The highest BCUT2D eigenvalue weighted by atomic mass is 79.9. The van der Waals surface area contributed by atoms with Crippen molar-refractivity contribution in [2.75, 3.05) is 6.54 Å². The average molecular weight is 276 g/mol. The quantitative estimate of drug-likeness (QED) is 0.865. The number of hydrogen-bond donors (Lipinski definition) is 2. The zero-order valence-corrected chi connectivity index (χ0v) is 10.2. The molecule has 0 fully saturated rings. The SMILES string of the molecule is CC[C@@H](O)CNCc1cccc(F)c1Br. The summed E-state index contributed by atoms with van der Waals surface area (Å²) >= 11 is 3.19. The van der Waals surface area contributed by atoms with E-state index in [0.717, 1.165) is 12.0 Å². The molecule has 15 heavy (non-hydrogen) atoms. The van der Waals surface area contributed by atoms with Crippen LogP contribution in [-0.4, -0.2) is 17.8 Å². The third kappa shape index (κ3) is 3.89. The molecule has 0 radical (unpaired) electrons. The maximum absolute atomic E-state index is 13.1. The second-order valence-corrected chi connectivity index (χ2v) is 4.20. The molecule has 0 spiro atoms. The molecule has 0 bridgehead atoms. The Hall–Kier alpha value is -0.450. The molecule has 0 aliphatic carbocycles. The van der Waals surface area contributed by atoms with Crippen LogP contribution in [-0.2, 0) is 6.54 Å². The van der Waals surface area contributed by atoms with Gasteiger partial charge in [0.25, 0.3) is 0 Å². The molecule has 84 valence electrons. The van der Waals surface area contributed by atoms with Crippen LogP contribution in [0.3, 0.4) is 0 Å². The second-order valence-electron chi connectivity index (χ2n) is 3.41. The van der Waals surface area contributed by atoms with Gasteiger partial charge >= 0.3 is 0 Å². The maximum Gasteiger partial charge on any atom is 0.137 e. The molecule has 1 rings (SSSR count). The van der Waals surface area contributed by atoms with Crippen LogP contribution in [0.5, 0.6) is 0 Å². The highest BCUT2D eigenvalue weighted by molar-refractivity contribution is 9.10. The lowest BCUT2D eigenvalue weighted by atomic mass is 10.2. The van der Waals surface area contributed by atoms with Crippen LogP contribution >= 0.6 is 15.9 Å². The molecule has 0 aliphatic rings. The fourth-order valence-electron chi connectivity index (χ4n) is 1.20. The molecule has 0 heterocycles. The molecule has 2 N–H and O–H groups in total. The highest BCUT2D eigenvalue weighted by Gasteiger charge is 2.05. The van der Waals surface area contributed by atoms with Gasteiger partial charge in [0, 0.05) is 13.1 Å². The van der Waals surface area contributed by atoms with E-state index in [1.165, 1.54) is 6.07 Å². The van der Waals surface area contributed by atoms with Crippen molar-refractivity contribution in [3.8, 4) is 0 Å². The van der Waals surface area contributed by atoms with Crippen LogP contribution in [0, 0.1) is 5.82 Å². The summed E-state index contributed by atoms with van der Waals surface area (Å²) in [6, 6.07) is 4.93. The van der Waals surface area contributed by atoms with Gasteiger partial charge in [0.15, 0.2) is 0 Å². The van der Waals surface area contributed by atoms with Gasteiger partial charge in [-0.2, -0.15) is 0 Å². The Kier molecular flexibility index (Phi) is 5.22. The predicted octanol–water partition coefficient (Wildman–Crippen LogP) is 2.45. The Balaban J connectivity index is 2.47. The Morgan fingerprint density at radius 2 is 2.27 bits per heavy atom. The fourth-order valence-corrected chi connectivity index (χ4v) is 1.61. The van der Waals surface area contributed by atoms with E-state index < -0.39 is 0 Å². The number of hydrogen-bond acceptors (Lipinski definition) is 2. The van der Waals surface area contributed by atoms with Crippen LogP contribution in [0.1, 0.15) is 18.9 Å². The summed E-state index contributed by atoms with van der Waals surface area (Å²) in [5.41, 5.74) is 0.860. The predicted molar refractivity (Wildman–Crippen MR) is 62.1 cm³/mol. The molecular weight excluding hydrogens is 261 g/mol. The third-order valence-corrected chi connectivity index (χ3v) is 3.09. The highest BCUT2D eigenvalue weighted by Crippen LogP contribution is 2.19. The lowest BCUT2D eigenvalue weighted by molar-refractivity contribution is 0.167. The van der Waals surface area contributed by atoms with Gasteiger partial charge in [-0.15, -0.1) is 0 Å². The van der Waals surface area contributed by atoms with E-state index in [-0.39, 0.29) is 11.9 Å². The smallest absolute Gasteiger partial charge is 0.137 e. The van der Waals surface area contributed by atoms with Crippen molar-refractivity contribution < 1.29 is 9.50 Å². The first kappa shape index (κ1) is 12.6. The molecule has 0 saturated carbocycles. The van der Waals surface area contributed by atoms with Gasteiger partial charge in [-0.25, -0.2) is 4.39 Å². The zero-order chi connectivity index (χ0) is 11.3. The molecule has 0 amide bonds. The number of aliphatic hydroxyl groups is 1. The number of halogens is 2. The van der Waals surface area contributed by atoms with Crippen molar-refractivity contribution in [2.24, 2.45) is 0 Å². The normalized spacial score (nSPS) is 12.8. The van der Waals surface area contributed by atoms with Gasteiger partial charge in [0.1, 0.15) is 5.82 Å². The van der Waals surface area contributed by atoms with E-state index >= 15 is 0 Å². The summed E-state index contributed by atoms with van der Waals surface area (Å²) in [6.45, 7) is 3.00. The topological polar surface area (TPSA) is 32.3 Å². The van der Waals surface area contributed by atoms with E-state index in [0.29, 0.717) is 17.6 Å². The fraction of sp³-hybridized carbons (Fsp3) is 0.455. The summed E-state index contributed by atoms with van der Waals surface area (Å²) in [7, 11) is 0. The zero-order valence-electron chi connectivity index (χ0n) is 8.63. The average Bonchev–Trinajstić information content (AvgIpc) is 2.24. The number of aliphatic hydroxyl groups excluding tert-OH is 1. The monoisotopic (exact) mass is 275 g/mol. The van der Waals surface area contributed by atoms with Crippen LogP contribution in [0.4, 0.5) is 4.39 Å². The molecule has 4 heteroatoms. The van der Waals surface area contributed by atoms with E-state index in [1.54, 1.807) is 6.07 Å². The number of nitrogens with one attached hydrogen (secondary N) is 1. The molecule has 2 nitrogen and oxygen atoms in total. The molecule has 0 unspecified atom stereocenters. The van der Waals surface area contributed by atoms with E-state index in [2.05, 4.69) is 21.2 Å².